The Morgan fingerprint density at radius 3 is 2.31 bits per heavy atom. The molecule has 1 rings (SSSR count). The molecule has 0 fully saturated rings. The minimum atomic E-state index is 0.0820. The van der Waals surface area contributed by atoms with Gasteiger partial charge in [0.25, 0.3) is 0 Å². The highest BCUT2D eigenvalue weighted by Crippen LogP contribution is 2.25. The Morgan fingerprint density at radius 1 is 1.23 bits per heavy atom. The van der Waals surface area contributed by atoms with E-state index in [0.717, 1.165) is 17.1 Å². The van der Waals surface area contributed by atoms with Crippen LogP contribution in [0.1, 0.15) is 32.0 Å². The summed E-state index contributed by atoms with van der Waals surface area (Å²) >= 11 is 0. The van der Waals surface area contributed by atoms with Crippen LogP contribution in [0, 0.1) is 6.92 Å². The summed E-state index contributed by atoms with van der Waals surface area (Å²) < 4.78 is 0. The fourth-order valence-electron chi connectivity index (χ4n) is 1.46. The van der Waals surface area contributed by atoms with Gasteiger partial charge in [0.15, 0.2) is 0 Å². The summed E-state index contributed by atoms with van der Waals surface area (Å²) in [6.07, 6.45) is 1.61. The van der Waals surface area contributed by atoms with Crippen molar-refractivity contribution in [1.82, 2.24) is 9.97 Å². The Kier molecular flexibility index (Phi) is 2.55. The molecular weight excluding hydrogens is 162 g/mol. The van der Waals surface area contributed by atoms with E-state index >= 15 is 0 Å². The average Bonchev–Trinajstić information content (AvgIpc) is 2.02. The fraction of sp³-hybridized carbons (Fsp3) is 0.600. The Balaban J connectivity index is 3.24. The van der Waals surface area contributed by atoms with Crippen molar-refractivity contribution in [3.05, 3.63) is 17.6 Å². The molecule has 1 aromatic rings. The van der Waals surface area contributed by atoms with Gasteiger partial charge in [-0.05, 0) is 6.92 Å². The van der Waals surface area contributed by atoms with Crippen LogP contribution in [0.15, 0.2) is 6.33 Å². The smallest absolute Gasteiger partial charge is 0.132 e. The van der Waals surface area contributed by atoms with Crippen LogP contribution in [-0.2, 0) is 5.41 Å². The molecule has 13 heavy (non-hydrogen) atoms. The van der Waals surface area contributed by atoms with Crippen molar-refractivity contribution in [3.63, 3.8) is 0 Å². The van der Waals surface area contributed by atoms with Crippen LogP contribution < -0.4 is 5.32 Å². The molecule has 0 saturated carbocycles. The lowest BCUT2D eigenvalue weighted by Gasteiger charge is -2.20. The largest absolute Gasteiger partial charge is 0.373 e. The van der Waals surface area contributed by atoms with Gasteiger partial charge in [0.1, 0.15) is 12.1 Å². The van der Waals surface area contributed by atoms with Crippen molar-refractivity contribution in [1.29, 1.82) is 0 Å². The van der Waals surface area contributed by atoms with E-state index in [0.29, 0.717) is 0 Å². The molecule has 0 aromatic carbocycles. The van der Waals surface area contributed by atoms with Crippen molar-refractivity contribution in [2.75, 3.05) is 12.4 Å². The van der Waals surface area contributed by atoms with Crippen LogP contribution in [0.3, 0.4) is 0 Å². The Labute approximate surface area is 79.6 Å². The van der Waals surface area contributed by atoms with E-state index in [-0.39, 0.29) is 5.41 Å². The molecule has 0 saturated heterocycles. The maximum atomic E-state index is 4.31. The zero-order valence-electron chi connectivity index (χ0n) is 8.97. The van der Waals surface area contributed by atoms with Gasteiger partial charge in [-0.1, -0.05) is 20.8 Å². The third-order valence-electron chi connectivity index (χ3n) is 2.03. The molecule has 72 valence electrons. The van der Waals surface area contributed by atoms with Gasteiger partial charge in [0, 0.05) is 18.0 Å². The van der Waals surface area contributed by atoms with E-state index in [9.17, 15) is 0 Å². The molecule has 1 N–H and O–H groups in total. The number of hydrogen-bond donors (Lipinski definition) is 1. The summed E-state index contributed by atoms with van der Waals surface area (Å²) in [4.78, 5) is 8.46. The number of nitrogens with one attached hydrogen (secondary N) is 1. The van der Waals surface area contributed by atoms with E-state index in [1.807, 2.05) is 14.0 Å². The highest BCUT2D eigenvalue weighted by Gasteiger charge is 2.19. The molecule has 1 heterocycles. The summed E-state index contributed by atoms with van der Waals surface area (Å²) in [7, 11) is 1.88. The van der Waals surface area contributed by atoms with Crippen molar-refractivity contribution in [2.45, 2.75) is 33.1 Å². The first-order valence-electron chi connectivity index (χ1n) is 4.46. The zero-order chi connectivity index (χ0) is 10.1. The molecule has 0 aliphatic heterocycles. The lowest BCUT2D eigenvalue weighted by atomic mass is 9.89. The van der Waals surface area contributed by atoms with Crippen molar-refractivity contribution in [2.24, 2.45) is 0 Å². The molecule has 0 aliphatic carbocycles. The molecule has 3 nitrogen and oxygen atoms in total. The standard InChI is InChI=1S/C10H17N3/c1-7-8(10(2,3)4)12-6-13-9(7)11-5/h6H,1-5H3,(H,11,12,13). The van der Waals surface area contributed by atoms with Gasteiger partial charge >= 0.3 is 0 Å². The fourth-order valence-corrected chi connectivity index (χ4v) is 1.46. The van der Waals surface area contributed by atoms with E-state index < -0.39 is 0 Å². The number of rotatable bonds is 1. The molecule has 0 atom stereocenters. The second-order valence-electron chi connectivity index (χ2n) is 4.20. The summed E-state index contributed by atoms with van der Waals surface area (Å²) in [5, 5.41) is 3.06. The first-order valence-corrected chi connectivity index (χ1v) is 4.46. The Morgan fingerprint density at radius 2 is 1.85 bits per heavy atom. The lowest BCUT2D eigenvalue weighted by molar-refractivity contribution is 0.562. The molecule has 0 amide bonds. The second kappa shape index (κ2) is 3.32. The van der Waals surface area contributed by atoms with Crippen LogP contribution in [0.25, 0.3) is 0 Å². The highest BCUT2D eigenvalue weighted by atomic mass is 15.0. The minimum absolute atomic E-state index is 0.0820. The number of anilines is 1. The van der Waals surface area contributed by atoms with Crippen LogP contribution in [0.5, 0.6) is 0 Å². The van der Waals surface area contributed by atoms with Gasteiger partial charge in [0.2, 0.25) is 0 Å². The van der Waals surface area contributed by atoms with Gasteiger partial charge in [-0.25, -0.2) is 9.97 Å². The van der Waals surface area contributed by atoms with E-state index in [4.69, 9.17) is 0 Å². The summed E-state index contributed by atoms with van der Waals surface area (Å²) in [6, 6.07) is 0. The normalized spacial score (nSPS) is 11.5. The minimum Gasteiger partial charge on any atom is -0.373 e. The third-order valence-corrected chi connectivity index (χ3v) is 2.03. The van der Waals surface area contributed by atoms with Gasteiger partial charge in [-0.2, -0.15) is 0 Å². The van der Waals surface area contributed by atoms with Crippen LogP contribution in [0.2, 0.25) is 0 Å². The molecular formula is C10H17N3. The van der Waals surface area contributed by atoms with Gasteiger partial charge < -0.3 is 5.32 Å². The molecule has 0 unspecified atom stereocenters. The van der Waals surface area contributed by atoms with Gasteiger partial charge in [-0.3, -0.25) is 0 Å². The Hall–Kier alpha value is -1.12. The molecule has 1 aromatic heterocycles. The number of hydrogen-bond acceptors (Lipinski definition) is 3. The predicted molar refractivity (Wildman–Crippen MR) is 55.0 cm³/mol. The second-order valence-corrected chi connectivity index (χ2v) is 4.20. The van der Waals surface area contributed by atoms with Gasteiger partial charge in [-0.15, -0.1) is 0 Å². The monoisotopic (exact) mass is 179 g/mol. The van der Waals surface area contributed by atoms with Crippen LogP contribution in [-0.4, -0.2) is 17.0 Å². The average molecular weight is 179 g/mol. The SMILES string of the molecule is CNc1ncnc(C(C)(C)C)c1C. The highest BCUT2D eigenvalue weighted by molar-refractivity contribution is 5.45. The number of nitrogens with zero attached hydrogens (tertiary/aromatic N) is 2. The van der Waals surface area contributed by atoms with E-state index in [1.165, 1.54) is 0 Å². The predicted octanol–water partition coefficient (Wildman–Crippen LogP) is 2.12. The summed E-state index contributed by atoms with van der Waals surface area (Å²) in [5.74, 6) is 0.917. The molecule has 0 spiro atoms. The lowest BCUT2D eigenvalue weighted by Crippen LogP contribution is -2.17. The van der Waals surface area contributed by atoms with Gasteiger partial charge in [0.05, 0.1) is 5.69 Å². The maximum Gasteiger partial charge on any atom is 0.132 e. The first kappa shape index (κ1) is 9.96. The molecule has 0 aliphatic rings. The Bertz CT molecular complexity index is 300. The van der Waals surface area contributed by atoms with E-state index in [1.54, 1.807) is 6.33 Å². The van der Waals surface area contributed by atoms with Crippen LogP contribution >= 0.6 is 0 Å². The quantitative estimate of drug-likeness (QED) is 0.717. The van der Waals surface area contributed by atoms with Crippen LogP contribution in [0.4, 0.5) is 5.82 Å². The van der Waals surface area contributed by atoms with Crippen molar-refractivity contribution >= 4 is 5.82 Å². The summed E-state index contributed by atoms with van der Waals surface area (Å²) in [5.41, 5.74) is 2.32. The molecule has 3 heteroatoms. The zero-order valence-corrected chi connectivity index (χ0v) is 8.97. The summed E-state index contributed by atoms with van der Waals surface area (Å²) in [6.45, 7) is 8.51. The molecule has 0 radical (unpaired) electrons. The first-order chi connectivity index (χ1) is 5.96. The van der Waals surface area contributed by atoms with Crippen molar-refractivity contribution in [3.8, 4) is 0 Å². The molecule has 0 bridgehead atoms. The third kappa shape index (κ3) is 1.97. The van der Waals surface area contributed by atoms with E-state index in [2.05, 4.69) is 36.1 Å². The number of aromatic nitrogens is 2. The topological polar surface area (TPSA) is 37.8 Å². The maximum absolute atomic E-state index is 4.31. The van der Waals surface area contributed by atoms with Crippen molar-refractivity contribution < 1.29 is 0 Å².